The molecule has 30 heavy (non-hydrogen) atoms. The molecule has 0 aliphatic rings. The molecule has 0 saturated heterocycles. The molecular weight excluding hydrogens is 385 g/mol. The van der Waals surface area contributed by atoms with E-state index in [4.69, 9.17) is 16.2 Å². The summed E-state index contributed by atoms with van der Waals surface area (Å²) in [5, 5.41) is 0. The van der Waals surface area contributed by atoms with Gasteiger partial charge in [0.25, 0.3) is 0 Å². The van der Waals surface area contributed by atoms with Crippen LogP contribution >= 0.6 is 0 Å². The molecule has 7 nitrogen and oxygen atoms in total. The molecule has 0 atom stereocenters. The van der Waals surface area contributed by atoms with Gasteiger partial charge in [0.1, 0.15) is 11.6 Å². The Bertz CT molecular complexity index is 1150. The van der Waals surface area contributed by atoms with Gasteiger partial charge in [0.15, 0.2) is 0 Å². The zero-order valence-corrected chi connectivity index (χ0v) is 16.6. The normalized spacial score (nSPS) is 10.2. The molecule has 0 saturated carbocycles. The molecule has 4 N–H and O–H groups in total. The number of carbonyl (C=O) groups is 1. The molecule has 3 aromatic rings. The van der Waals surface area contributed by atoms with Crippen molar-refractivity contribution in [1.29, 1.82) is 0 Å². The van der Waals surface area contributed by atoms with Crippen molar-refractivity contribution in [3.8, 4) is 23.1 Å². The Kier molecular flexibility index (Phi) is 6.23. The molecule has 0 amide bonds. The molecule has 8 heteroatoms. The van der Waals surface area contributed by atoms with E-state index in [0.29, 0.717) is 29.1 Å². The van der Waals surface area contributed by atoms with Gasteiger partial charge in [0.2, 0.25) is 5.95 Å². The number of nitrogens with zero attached hydrogens (tertiary/aromatic N) is 3. The largest absolute Gasteiger partial charge is 0.462 e. The minimum absolute atomic E-state index is 0.00965. The fourth-order valence-electron chi connectivity index (χ4n) is 2.77. The van der Waals surface area contributed by atoms with Gasteiger partial charge in [0.05, 0.1) is 29.1 Å². The molecule has 0 aliphatic carbocycles. The summed E-state index contributed by atoms with van der Waals surface area (Å²) in [5.74, 6) is 5.13. The first-order valence-corrected chi connectivity index (χ1v) is 9.29. The van der Waals surface area contributed by atoms with Crippen LogP contribution in [0.2, 0.25) is 0 Å². The summed E-state index contributed by atoms with van der Waals surface area (Å²) in [5.41, 5.74) is 13.6. The molecule has 2 aromatic heterocycles. The Morgan fingerprint density at radius 3 is 2.57 bits per heavy atom. The lowest BCUT2D eigenvalue weighted by molar-refractivity contribution is 0.0526. The Balaban J connectivity index is 2.12. The van der Waals surface area contributed by atoms with E-state index >= 15 is 0 Å². The number of anilines is 2. The van der Waals surface area contributed by atoms with Crippen LogP contribution in [-0.2, 0) is 11.2 Å². The highest BCUT2D eigenvalue weighted by atomic mass is 19.1. The number of pyridine rings is 1. The molecular formula is C22H20FN5O2. The summed E-state index contributed by atoms with van der Waals surface area (Å²) in [4.78, 5) is 24.3. The summed E-state index contributed by atoms with van der Waals surface area (Å²) in [6.07, 6.45) is 2.06. The zero-order valence-electron chi connectivity index (χ0n) is 16.6. The van der Waals surface area contributed by atoms with E-state index in [1.165, 1.54) is 12.1 Å². The maximum Gasteiger partial charge on any atom is 0.338 e. The van der Waals surface area contributed by atoms with E-state index in [9.17, 15) is 9.18 Å². The molecule has 0 aliphatic heterocycles. The van der Waals surface area contributed by atoms with E-state index < -0.39 is 11.8 Å². The number of hydrogen-bond acceptors (Lipinski definition) is 7. The van der Waals surface area contributed by atoms with E-state index in [1.807, 2.05) is 6.92 Å². The average molecular weight is 405 g/mol. The zero-order chi connectivity index (χ0) is 21.7. The number of hydrogen-bond donors (Lipinski definition) is 2. The van der Waals surface area contributed by atoms with Crippen molar-refractivity contribution >= 4 is 17.7 Å². The Hall–Kier alpha value is -3.99. The summed E-state index contributed by atoms with van der Waals surface area (Å²) < 4.78 is 19.8. The first-order valence-electron chi connectivity index (χ1n) is 9.29. The van der Waals surface area contributed by atoms with Gasteiger partial charge < -0.3 is 16.2 Å². The van der Waals surface area contributed by atoms with Crippen LogP contribution < -0.4 is 11.5 Å². The molecule has 3 rings (SSSR count). The van der Waals surface area contributed by atoms with Gasteiger partial charge in [-0.1, -0.05) is 18.8 Å². The van der Waals surface area contributed by atoms with Crippen LogP contribution in [0.3, 0.4) is 0 Å². The summed E-state index contributed by atoms with van der Waals surface area (Å²) >= 11 is 0. The van der Waals surface area contributed by atoms with Crippen molar-refractivity contribution in [3.05, 3.63) is 64.7 Å². The molecule has 0 fully saturated rings. The lowest BCUT2D eigenvalue weighted by Gasteiger charge is -2.11. The number of rotatable bonds is 4. The molecule has 1 aromatic carbocycles. The third kappa shape index (κ3) is 4.52. The molecule has 0 bridgehead atoms. The fraction of sp³-hybridized carbons (Fsp3) is 0.182. The molecule has 152 valence electrons. The second-order valence-corrected chi connectivity index (χ2v) is 6.24. The monoisotopic (exact) mass is 405 g/mol. The maximum atomic E-state index is 14.9. The van der Waals surface area contributed by atoms with Gasteiger partial charge >= 0.3 is 5.97 Å². The highest BCUT2D eigenvalue weighted by Crippen LogP contribution is 2.28. The second kappa shape index (κ2) is 9.01. The first-order chi connectivity index (χ1) is 14.4. The van der Waals surface area contributed by atoms with Gasteiger partial charge in [-0.05, 0) is 43.7 Å². The van der Waals surface area contributed by atoms with Crippen molar-refractivity contribution in [2.24, 2.45) is 0 Å². The lowest BCUT2D eigenvalue weighted by Crippen LogP contribution is -2.07. The smallest absolute Gasteiger partial charge is 0.338 e. The van der Waals surface area contributed by atoms with E-state index in [1.54, 1.807) is 25.3 Å². The highest BCUT2D eigenvalue weighted by molar-refractivity contribution is 5.90. The summed E-state index contributed by atoms with van der Waals surface area (Å²) in [7, 11) is 0. The third-order valence-corrected chi connectivity index (χ3v) is 4.19. The van der Waals surface area contributed by atoms with Gasteiger partial charge in [-0.2, -0.15) is 0 Å². The number of nitrogens with two attached hydrogens (primary N) is 2. The van der Waals surface area contributed by atoms with Crippen LogP contribution in [0.4, 0.5) is 16.2 Å². The number of halogens is 1. The number of benzene rings is 1. The summed E-state index contributed by atoms with van der Waals surface area (Å²) in [6, 6.07) is 7.41. The Morgan fingerprint density at radius 2 is 1.93 bits per heavy atom. The maximum absolute atomic E-state index is 14.9. The number of nitrogen functional groups attached to an aromatic ring is 2. The van der Waals surface area contributed by atoms with Crippen molar-refractivity contribution in [2.75, 3.05) is 18.1 Å². The van der Waals surface area contributed by atoms with Crippen molar-refractivity contribution in [1.82, 2.24) is 15.0 Å². The van der Waals surface area contributed by atoms with Crippen molar-refractivity contribution < 1.29 is 13.9 Å². The highest BCUT2D eigenvalue weighted by Gasteiger charge is 2.18. The second-order valence-electron chi connectivity index (χ2n) is 6.24. The summed E-state index contributed by atoms with van der Waals surface area (Å²) in [6.45, 7) is 3.77. The lowest BCUT2D eigenvalue weighted by atomic mass is 10.0. The van der Waals surface area contributed by atoms with Crippen LogP contribution in [0.25, 0.3) is 11.3 Å². The van der Waals surface area contributed by atoms with E-state index in [-0.39, 0.29) is 29.4 Å². The van der Waals surface area contributed by atoms with Gasteiger partial charge in [-0.25, -0.2) is 24.1 Å². The van der Waals surface area contributed by atoms with Crippen molar-refractivity contribution in [3.63, 3.8) is 0 Å². The predicted octanol–water partition coefficient (Wildman–Crippen LogP) is 2.98. The number of carbonyl (C=O) groups excluding carboxylic acids is 1. The van der Waals surface area contributed by atoms with Crippen LogP contribution in [0.15, 0.2) is 36.5 Å². The van der Waals surface area contributed by atoms with Crippen molar-refractivity contribution in [2.45, 2.75) is 20.3 Å². The van der Waals surface area contributed by atoms with Crippen LogP contribution in [-0.4, -0.2) is 27.5 Å². The van der Waals surface area contributed by atoms with Crippen LogP contribution in [0, 0.1) is 17.7 Å². The molecule has 0 unspecified atom stereocenters. The molecule has 2 heterocycles. The Morgan fingerprint density at radius 1 is 1.13 bits per heavy atom. The number of aromatic nitrogens is 3. The minimum Gasteiger partial charge on any atom is -0.462 e. The number of aryl methyl sites for hydroxylation is 1. The van der Waals surface area contributed by atoms with Crippen LogP contribution in [0.5, 0.6) is 0 Å². The SMILES string of the molecule is CCOC(=O)c1ccc(-c2nc(N)nc(CC)c2C#Cc2ccc(N)nc2)c(F)c1. The number of ether oxygens (including phenoxy) is 1. The Labute approximate surface area is 173 Å². The third-order valence-electron chi connectivity index (χ3n) is 4.19. The van der Waals surface area contributed by atoms with Gasteiger partial charge in [0, 0.05) is 17.3 Å². The van der Waals surface area contributed by atoms with E-state index in [2.05, 4.69) is 26.8 Å². The van der Waals surface area contributed by atoms with Crippen LogP contribution in [0.1, 0.15) is 41.0 Å². The average Bonchev–Trinajstić information content (AvgIpc) is 2.73. The van der Waals surface area contributed by atoms with Gasteiger partial charge in [-0.15, -0.1) is 0 Å². The van der Waals surface area contributed by atoms with Gasteiger partial charge in [-0.3, -0.25) is 0 Å². The topological polar surface area (TPSA) is 117 Å². The first kappa shape index (κ1) is 20.7. The molecule has 0 spiro atoms. The minimum atomic E-state index is -0.641. The molecule has 0 radical (unpaired) electrons. The predicted molar refractivity (Wildman–Crippen MR) is 112 cm³/mol. The quantitative estimate of drug-likeness (QED) is 0.506. The van der Waals surface area contributed by atoms with E-state index in [0.717, 1.165) is 6.07 Å². The number of esters is 1. The fourth-order valence-corrected chi connectivity index (χ4v) is 2.77. The standard InChI is InChI=1S/C22H20FN5O2/c1-3-18-16(8-5-13-6-10-19(24)26-12-13)20(28-22(25)27-18)15-9-7-14(11-17(15)23)21(29)30-4-2/h6-7,9-12H,3-4H2,1-2H3,(H2,24,26)(H2,25,27,28).